The Balaban J connectivity index is 1.68. The minimum atomic E-state index is -0.515. The number of ether oxygens (including phenoxy) is 1. The van der Waals surface area contributed by atoms with Gasteiger partial charge in [0, 0.05) is 37.8 Å². The van der Waals surface area contributed by atoms with Crippen molar-refractivity contribution in [2.75, 3.05) is 26.2 Å². The average molecular weight is 341 g/mol. The molecular weight excluding hydrogens is 318 g/mol. The van der Waals surface area contributed by atoms with Gasteiger partial charge in [0.25, 0.3) is 5.91 Å². The number of aromatic nitrogens is 1. The number of hydrogen-bond donors (Lipinski definition) is 0. The Morgan fingerprint density at radius 2 is 1.64 bits per heavy atom. The monoisotopic (exact) mass is 341 g/mol. The van der Waals surface area contributed by atoms with Crippen molar-refractivity contribution in [1.29, 1.82) is 0 Å². The van der Waals surface area contributed by atoms with Gasteiger partial charge in [-0.1, -0.05) is 18.2 Å². The molecule has 1 fully saturated rings. The Morgan fingerprint density at radius 1 is 1.00 bits per heavy atom. The van der Waals surface area contributed by atoms with E-state index in [1.54, 1.807) is 22.1 Å². The maximum absolute atomic E-state index is 12.9. The molecule has 3 rings (SSSR count). The third-order valence-corrected chi connectivity index (χ3v) is 4.08. The van der Waals surface area contributed by atoms with Crippen molar-refractivity contribution in [1.82, 2.24) is 14.8 Å². The van der Waals surface area contributed by atoms with Crippen LogP contribution in [0.5, 0.6) is 0 Å². The smallest absolute Gasteiger partial charge is 0.410 e. The van der Waals surface area contributed by atoms with Gasteiger partial charge >= 0.3 is 6.09 Å². The third kappa shape index (κ3) is 3.90. The van der Waals surface area contributed by atoms with Gasteiger partial charge in [-0.05, 0) is 32.9 Å². The first-order valence-corrected chi connectivity index (χ1v) is 8.46. The minimum absolute atomic E-state index is 0.0480. The molecule has 0 unspecified atom stereocenters. The van der Waals surface area contributed by atoms with Crippen LogP contribution in [0.25, 0.3) is 10.9 Å². The number of rotatable bonds is 1. The topological polar surface area (TPSA) is 62.7 Å². The number of benzene rings is 1. The summed E-state index contributed by atoms with van der Waals surface area (Å²) in [5, 5.41) is 0.945. The summed E-state index contributed by atoms with van der Waals surface area (Å²) in [4.78, 5) is 32.8. The number of fused-ring (bicyclic) bond motifs is 1. The van der Waals surface area contributed by atoms with Crippen LogP contribution < -0.4 is 0 Å². The van der Waals surface area contributed by atoms with Gasteiger partial charge in [0.05, 0.1) is 11.1 Å². The van der Waals surface area contributed by atoms with Gasteiger partial charge in [0.1, 0.15) is 5.60 Å². The number of piperazine rings is 1. The van der Waals surface area contributed by atoms with Gasteiger partial charge in [-0.3, -0.25) is 9.78 Å². The van der Waals surface area contributed by atoms with Crippen LogP contribution in [0.3, 0.4) is 0 Å². The zero-order chi connectivity index (χ0) is 18.0. The molecule has 0 atom stereocenters. The normalized spacial score (nSPS) is 15.3. The summed E-state index contributed by atoms with van der Waals surface area (Å²) in [6.45, 7) is 7.45. The quantitative estimate of drug-likeness (QED) is 0.800. The molecule has 6 nitrogen and oxygen atoms in total. The molecule has 0 bridgehead atoms. The molecule has 1 aliphatic heterocycles. The lowest BCUT2D eigenvalue weighted by Gasteiger charge is -2.35. The van der Waals surface area contributed by atoms with E-state index in [9.17, 15) is 9.59 Å². The zero-order valence-electron chi connectivity index (χ0n) is 14.9. The fourth-order valence-corrected chi connectivity index (χ4v) is 2.87. The zero-order valence-corrected chi connectivity index (χ0v) is 14.9. The number of hydrogen-bond acceptors (Lipinski definition) is 4. The highest BCUT2D eigenvalue weighted by Gasteiger charge is 2.28. The molecule has 2 amide bonds. The Kier molecular flexibility index (Phi) is 4.61. The maximum Gasteiger partial charge on any atom is 0.410 e. The lowest BCUT2D eigenvalue weighted by Crippen LogP contribution is -2.51. The van der Waals surface area contributed by atoms with Crippen molar-refractivity contribution in [3.8, 4) is 0 Å². The molecule has 0 radical (unpaired) electrons. The standard InChI is InChI=1S/C19H23N3O3/c1-19(2,3)25-18(24)22-12-10-21(11-13-22)17(23)15-8-4-6-14-7-5-9-20-16(14)15/h4-9H,10-13H2,1-3H3. The molecule has 6 heteroatoms. The largest absolute Gasteiger partial charge is 0.444 e. The Morgan fingerprint density at radius 3 is 2.32 bits per heavy atom. The van der Waals surface area contributed by atoms with Gasteiger partial charge in [-0.25, -0.2) is 4.79 Å². The van der Waals surface area contributed by atoms with Crippen molar-refractivity contribution in [2.45, 2.75) is 26.4 Å². The van der Waals surface area contributed by atoms with Crippen molar-refractivity contribution < 1.29 is 14.3 Å². The fraction of sp³-hybridized carbons (Fsp3) is 0.421. The first-order valence-electron chi connectivity index (χ1n) is 8.46. The first kappa shape index (κ1) is 17.2. The van der Waals surface area contributed by atoms with Crippen LogP contribution in [0.1, 0.15) is 31.1 Å². The van der Waals surface area contributed by atoms with Crippen molar-refractivity contribution >= 4 is 22.9 Å². The van der Waals surface area contributed by atoms with Crippen LogP contribution in [0.15, 0.2) is 36.5 Å². The molecule has 0 aliphatic carbocycles. The molecule has 1 aromatic carbocycles. The summed E-state index contributed by atoms with van der Waals surface area (Å²) in [6.07, 6.45) is 1.37. The summed E-state index contributed by atoms with van der Waals surface area (Å²) in [6, 6.07) is 9.42. The number of carbonyl (C=O) groups excluding carboxylic acids is 2. The maximum atomic E-state index is 12.9. The lowest BCUT2D eigenvalue weighted by molar-refractivity contribution is 0.0141. The Labute approximate surface area is 147 Å². The van der Waals surface area contributed by atoms with Crippen LogP contribution in [0.2, 0.25) is 0 Å². The molecule has 1 aromatic heterocycles. The van der Waals surface area contributed by atoms with Gasteiger partial charge in [0.15, 0.2) is 0 Å². The number of amides is 2. The predicted octanol–water partition coefficient (Wildman–Crippen LogP) is 2.93. The van der Waals surface area contributed by atoms with Crippen LogP contribution in [0, 0.1) is 0 Å². The molecule has 0 N–H and O–H groups in total. The van der Waals surface area contributed by atoms with Crippen molar-refractivity contribution in [3.63, 3.8) is 0 Å². The van der Waals surface area contributed by atoms with Crippen molar-refractivity contribution in [2.24, 2.45) is 0 Å². The van der Waals surface area contributed by atoms with E-state index in [2.05, 4.69) is 4.98 Å². The van der Waals surface area contributed by atoms with Crippen molar-refractivity contribution in [3.05, 3.63) is 42.1 Å². The molecule has 132 valence electrons. The van der Waals surface area contributed by atoms with Crippen LogP contribution in [-0.4, -0.2) is 58.6 Å². The first-order chi connectivity index (χ1) is 11.8. The minimum Gasteiger partial charge on any atom is -0.444 e. The lowest BCUT2D eigenvalue weighted by atomic mass is 10.1. The second-order valence-corrected chi connectivity index (χ2v) is 7.14. The van der Waals surface area contributed by atoms with Gasteiger partial charge < -0.3 is 14.5 Å². The highest BCUT2D eigenvalue weighted by atomic mass is 16.6. The van der Waals surface area contributed by atoms with E-state index in [4.69, 9.17) is 4.74 Å². The van der Waals surface area contributed by atoms with Crippen LogP contribution in [-0.2, 0) is 4.74 Å². The van der Waals surface area contributed by atoms with E-state index < -0.39 is 5.60 Å². The molecule has 2 heterocycles. The molecule has 1 saturated heterocycles. The van der Waals surface area contributed by atoms with E-state index in [0.717, 1.165) is 5.39 Å². The molecule has 0 saturated carbocycles. The summed E-state index contributed by atoms with van der Waals surface area (Å²) in [7, 11) is 0. The highest BCUT2D eigenvalue weighted by molar-refractivity contribution is 6.05. The number of para-hydroxylation sites is 1. The summed E-state index contributed by atoms with van der Waals surface area (Å²) >= 11 is 0. The second-order valence-electron chi connectivity index (χ2n) is 7.14. The number of carbonyl (C=O) groups is 2. The third-order valence-electron chi connectivity index (χ3n) is 4.08. The molecular formula is C19H23N3O3. The molecule has 25 heavy (non-hydrogen) atoms. The van der Waals surface area contributed by atoms with Crippen LogP contribution >= 0.6 is 0 Å². The molecule has 2 aromatic rings. The second kappa shape index (κ2) is 6.70. The van der Waals surface area contributed by atoms with E-state index in [1.807, 2.05) is 45.0 Å². The van der Waals surface area contributed by atoms with Gasteiger partial charge in [-0.2, -0.15) is 0 Å². The SMILES string of the molecule is CC(C)(C)OC(=O)N1CCN(C(=O)c2cccc3cccnc23)CC1. The highest BCUT2D eigenvalue weighted by Crippen LogP contribution is 2.19. The predicted molar refractivity (Wildman–Crippen MR) is 95.5 cm³/mol. The molecule has 0 spiro atoms. The summed E-state index contributed by atoms with van der Waals surface area (Å²) in [5.74, 6) is -0.0480. The van der Waals surface area contributed by atoms with E-state index in [0.29, 0.717) is 37.3 Å². The number of nitrogens with zero attached hydrogens (tertiary/aromatic N) is 3. The van der Waals surface area contributed by atoms with Gasteiger partial charge in [0.2, 0.25) is 0 Å². The fourth-order valence-electron chi connectivity index (χ4n) is 2.87. The summed E-state index contributed by atoms with van der Waals surface area (Å²) in [5.41, 5.74) is 0.798. The van der Waals surface area contributed by atoms with E-state index >= 15 is 0 Å². The Hall–Kier alpha value is -2.63. The number of pyridine rings is 1. The van der Waals surface area contributed by atoms with E-state index in [1.165, 1.54) is 0 Å². The summed E-state index contributed by atoms with van der Waals surface area (Å²) < 4.78 is 5.39. The van der Waals surface area contributed by atoms with E-state index in [-0.39, 0.29) is 12.0 Å². The van der Waals surface area contributed by atoms with Gasteiger partial charge in [-0.15, -0.1) is 0 Å². The Bertz CT molecular complexity index is 785. The average Bonchev–Trinajstić information content (AvgIpc) is 2.59. The molecule has 1 aliphatic rings. The van der Waals surface area contributed by atoms with Crippen LogP contribution in [0.4, 0.5) is 4.79 Å².